The van der Waals surface area contributed by atoms with E-state index in [9.17, 15) is 9.90 Å². The fourth-order valence-electron chi connectivity index (χ4n) is 2.13. The third-order valence-electron chi connectivity index (χ3n) is 3.06. The maximum atomic E-state index is 11.2. The fraction of sp³-hybridized carbons (Fsp3) is 0.917. The van der Waals surface area contributed by atoms with Gasteiger partial charge < -0.3 is 9.84 Å². The molecule has 1 aliphatic rings. The number of ether oxygens (including phenoxy) is 1. The second-order valence-electron chi connectivity index (χ2n) is 4.37. The number of aliphatic hydroxyl groups is 1. The number of carbonyl (C=O) groups is 1. The highest BCUT2D eigenvalue weighted by Gasteiger charge is 2.23. The van der Waals surface area contributed by atoms with Crippen LogP contribution in [0.1, 0.15) is 51.9 Å². The van der Waals surface area contributed by atoms with Crippen LogP contribution in [0.4, 0.5) is 0 Å². The molecule has 0 amide bonds. The highest BCUT2D eigenvalue weighted by atomic mass is 16.5. The van der Waals surface area contributed by atoms with Crippen molar-refractivity contribution in [2.45, 2.75) is 58.0 Å². The average Bonchev–Trinajstić information content (AvgIpc) is 2.76. The Balaban J connectivity index is 2.09. The lowest BCUT2D eigenvalue weighted by Crippen LogP contribution is -2.19. The van der Waals surface area contributed by atoms with Crippen LogP contribution in [-0.4, -0.2) is 23.8 Å². The summed E-state index contributed by atoms with van der Waals surface area (Å²) in [5, 5.41) is 9.82. The molecule has 0 aliphatic heterocycles. The lowest BCUT2D eigenvalue weighted by molar-refractivity contribution is -0.144. The molecule has 3 heteroatoms. The molecule has 3 nitrogen and oxygen atoms in total. The van der Waals surface area contributed by atoms with Gasteiger partial charge in [-0.1, -0.05) is 19.8 Å². The number of aliphatic hydroxyl groups excluding tert-OH is 1. The zero-order chi connectivity index (χ0) is 11.1. The molecular formula is C12H22O3. The van der Waals surface area contributed by atoms with Crippen molar-refractivity contribution >= 4 is 5.97 Å². The summed E-state index contributed by atoms with van der Waals surface area (Å²) in [4.78, 5) is 11.2. The van der Waals surface area contributed by atoms with Gasteiger partial charge in [-0.3, -0.25) is 4.79 Å². The first-order valence-electron chi connectivity index (χ1n) is 6.07. The Morgan fingerprint density at radius 1 is 1.47 bits per heavy atom. The van der Waals surface area contributed by atoms with Crippen molar-refractivity contribution in [1.82, 2.24) is 0 Å². The van der Waals surface area contributed by atoms with E-state index in [4.69, 9.17) is 4.74 Å². The molecule has 1 rings (SSSR count). The predicted octanol–water partition coefficient (Wildman–Crippen LogP) is 2.27. The summed E-state index contributed by atoms with van der Waals surface area (Å²) >= 11 is 0. The van der Waals surface area contributed by atoms with Gasteiger partial charge in [0.2, 0.25) is 0 Å². The molecule has 0 radical (unpaired) electrons. The standard InChI is InChI=1S/C12H22O3/c1-2-9-15-12(14)8-7-11(13)10-5-3-4-6-10/h10-11,13H,2-9H2,1H3. The van der Waals surface area contributed by atoms with Gasteiger partial charge in [0.1, 0.15) is 0 Å². The van der Waals surface area contributed by atoms with Gasteiger partial charge in [-0.15, -0.1) is 0 Å². The summed E-state index contributed by atoms with van der Waals surface area (Å²) in [6, 6.07) is 0. The predicted molar refractivity (Wildman–Crippen MR) is 58.4 cm³/mol. The fourth-order valence-corrected chi connectivity index (χ4v) is 2.13. The van der Waals surface area contributed by atoms with Crippen molar-refractivity contribution in [2.75, 3.05) is 6.61 Å². The summed E-state index contributed by atoms with van der Waals surface area (Å²) in [7, 11) is 0. The summed E-state index contributed by atoms with van der Waals surface area (Å²) in [6.45, 7) is 2.47. The smallest absolute Gasteiger partial charge is 0.305 e. The van der Waals surface area contributed by atoms with E-state index in [1.54, 1.807) is 0 Å². The molecular weight excluding hydrogens is 192 g/mol. The molecule has 1 unspecified atom stereocenters. The number of esters is 1. The quantitative estimate of drug-likeness (QED) is 0.690. The van der Waals surface area contributed by atoms with Gasteiger partial charge >= 0.3 is 5.97 Å². The van der Waals surface area contributed by atoms with Gasteiger partial charge in [-0.05, 0) is 31.6 Å². The van der Waals surface area contributed by atoms with E-state index in [2.05, 4.69) is 0 Å². The molecule has 0 spiro atoms. The molecule has 1 aliphatic carbocycles. The molecule has 0 aromatic rings. The van der Waals surface area contributed by atoms with Gasteiger partial charge in [0.05, 0.1) is 12.7 Å². The molecule has 88 valence electrons. The Morgan fingerprint density at radius 2 is 2.13 bits per heavy atom. The Labute approximate surface area is 91.8 Å². The van der Waals surface area contributed by atoms with Crippen molar-refractivity contribution in [3.8, 4) is 0 Å². The minimum atomic E-state index is -0.304. The zero-order valence-electron chi connectivity index (χ0n) is 9.58. The van der Waals surface area contributed by atoms with E-state index in [0.29, 0.717) is 25.4 Å². The van der Waals surface area contributed by atoms with E-state index in [-0.39, 0.29) is 12.1 Å². The molecule has 1 atom stereocenters. The van der Waals surface area contributed by atoms with E-state index < -0.39 is 0 Å². The molecule has 1 saturated carbocycles. The van der Waals surface area contributed by atoms with Crippen molar-refractivity contribution < 1.29 is 14.6 Å². The van der Waals surface area contributed by atoms with Gasteiger partial charge in [0.25, 0.3) is 0 Å². The first-order chi connectivity index (χ1) is 7.24. The maximum Gasteiger partial charge on any atom is 0.305 e. The SMILES string of the molecule is CCCOC(=O)CCC(O)C1CCCC1. The average molecular weight is 214 g/mol. The number of rotatable bonds is 6. The van der Waals surface area contributed by atoms with Crippen LogP contribution in [-0.2, 0) is 9.53 Å². The second kappa shape index (κ2) is 6.83. The van der Waals surface area contributed by atoms with Crippen molar-refractivity contribution in [1.29, 1.82) is 0 Å². The van der Waals surface area contributed by atoms with Crippen molar-refractivity contribution in [3.63, 3.8) is 0 Å². The molecule has 1 fully saturated rings. The molecule has 0 bridgehead atoms. The van der Waals surface area contributed by atoms with Gasteiger partial charge in [-0.2, -0.15) is 0 Å². The van der Waals surface area contributed by atoms with Crippen LogP contribution in [0.25, 0.3) is 0 Å². The number of hydrogen-bond acceptors (Lipinski definition) is 3. The van der Waals surface area contributed by atoms with Crippen molar-refractivity contribution in [3.05, 3.63) is 0 Å². The summed E-state index contributed by atoms with van der Waals surface area (Å²) in [5.74, 6) is 0.248. The van der Waals surface area contributed by atoms with Crippen LogP contribution in [0.15, 0.2) is 0 Å². The van der Waals surface area contributed by atoms with Gasteiger partial charge in [0, 0.05) is 6.42 Å². The summed E-state index contributed by atoms with van der Waals surface area (Å²) in [6.07, 6.45) is 6.16. The second-order valence-corrected chi connectivity index (χ2v) is 4.37. The van der Waals surface area contributed by atoms with E-state index in [1.807, 2.05) is 6.92 Å². The van der Waals surface area contributed by atoms with Crippen LogP contribution >= 0.6 is 0 Å². The number of hydrogen-bond donors (Lipinski definition) is 1. The minimum Gasteiger partial charge on any atom is -0.466 e. The lowest BCUT2D eigenvalue weighted by Gasteiger charge is -2.16. The highest BCUT2D eigenvalue weighted by molar-refractivity contribution is 5.69. The topological polar surface area (TPSA) is 46.5 Å². The van der Waals surface area contributed by atoms with Crippen LogP contribution in [0.3, 0.4) is 0 Å². The highest BCUT2D eigenvalue weighted by Crippen LogP contribution is 2.29. The Kier molecular flexibility index (Phi) is 5.69. The van der Waals surface area contributed by atoms with E-state index >= 15 is 0 Å². The normalized spacial score (nSPS) is 19.1. The first kappa shape index (κ1) is 12.5. The van der Waals surface area contributed by atoms with Gasteiger partial charge in [-0.25, -0.2) is 0 Å². The Bertz CT molecular complexity index is 185. The van der Waals surface area contributed by atoms with Crippen LogP contribution < -0.4 is 0 Å². The Morgan fingerprint density at radius 3 is 2.73 bits per heavy atom. The summed E-state index contributed by atoms with van der Waals surface area (Å²) < 4.78 is 4.95. The Hall–Kier alpha value is -0.570. The minimum absolute atomic E-state index is 0.172. The van der Waals surface area contributed by atoms with Gasteiger partial charge in [0.15, 0.2) is 0 Å². The molecule has 0 heterocycles. The van der Waals surface area contributed by atoms with Crippen LogP contribution in [0, 0.1) is 5.92 Å². The first-order valence-corrected chi connectivity index (χ1v) is 6.07. The van der Waals surface area contributed by atoms with Crippen LogP contribution in [0.2, 0.25) is 0 Å². The zero-order valence-corrected chi connectivity index (χ0v) is 9.58. The summed E-state index contributed by atoms with van der Waals surface area (Å²) in [5.41, 5.74) is 0. The third-order valence-corrected chi connectivity index (χ3v) is 3.06. The maximum absolute atomic E-state index is 11.2. The van der Waals surface area contributed by atoms with E-state index in [0.717, 1.165) is 19.3 Å². The molecule has 15 heavy (non-hydrogen) atoms. The monoisotopic (exact) mass is 214 g/mol. The molecule has 0 aromatic carbocycles. The van der Waals surface area contributed by atoms with E-state index in [1.165, 1.54) is 12.8 Å². The van der Waals surface area contributed by atoms with Crippen LogP contribution in [0.5, 0.6) is 0 Å². The third kappa shape index (κ3) is 4.65. The molecule has 1 N–H and O–H groups in total. The number of carbonyl (C=O) groups excluding carboxylic acids is 1. The molecule has 0 aromatic heterocycles. The molecule has 0 saturated heterocycles. The largest absolute Gasteiger partial charge is 0.466 e. The lowest BCUT2D eigenvalue weighted by atomic mass is 9.97. The van der Waals surface area contributed by atoms with Crippen molar-refractivity contribution in [2.24, 2.45) is 5.92 Å².